The molecule has 1 aliphatic heterocycles. The SMILES string of the molecule is CCCCCCCC(=O)N(C)C(CC(OCC)C(=O)N1CCCCC1)c1cccc(-c2ccccc2)c1. The number of benzene rings is 2. The zero-order valence-corrected chi connectivity index (χ0v) is 23.2. The Balaban J connectivity index is 1.84. The molecule has 1 saturated heterocycles. The van der Waals surface area contributed by atoms with E-state index in [1.54, 1.807) is 0 Å². The summed E-state index contributed by atoms with van der Waals surface area (Å²) < 4.78 is 6.05. The predicted octanol–water partition coefficient (Wildman–Crippen LogP) is 7.02. The van der Waals surface area contributed by atoms with Crippen LogP contribution in [-0.2, 0) is 14.3 Å². The lowest BCUT2D eigenvalue weighted by molar-refractivity contribution is -0.147. The number of carbonyl (C=O) groups excluding carboxylic acids is 2. The molecular formula is C32H46N2O3. The monoisotopic (exact) mass is 506 g/mol. The highest BCUT2D eigenvalue weighted by molar-refractivity contribution is 5.81. The Hall–Kier alpha value is -2.66. The number of carbonyl (C=O) groups is 2. The van der Waals surface area contributed by atoms with Crippen LogP contribution in [0.1, 0.15) is 89.7 Å². The van der Waals surface area contributed by atoms with Crippen molar-refractivity contribution in [1.82, 2.24) is 9.80 Å². The molecule has 5 heteroatoms. The molecule has 0 aromatic heterocycles. The van der Waals surface area contributed by atoms with Crippen LogP contribution in [0.25, 0.3) is 11.1 Å². The maximum absolute atomic E-state index is 13.5. The van der Waals surface area contributed by atoms with Crippen molar-refractivity contribution in [3.8, 4) is 11.1 Å². The van der Waals surface area contributed by atoms with Crippen molar-refractivity contribution in [2.24, 2.45) is 0 Å². The van der Waals surface area contributed by atoms with Crippen LogP contribution in [-0.4, -0.2) is 54.5 Å². The van der Waals surface area contributed by atoms with Gasteiger partial charge < -0.3 is 14.5 Å². The Bertz CT molecular complexity index is 956. The fourth-order valence-electron chi connectivity index (χ4n) is 5.27. The second-order valence-electron chi connectivity index (χ2n) is 10.2. The van der Waals surface area contributed by atoms with E-state index in [1.165, 1.54) is 25.7 Å². The molecule has 2 aromatic carbocycles. The summed E-state index contributed by atoms with van der Waals surface area (Å²) in [6, 6.07) is 18.5. The molecule has 37 heavy (non-hydrogen) atoms. The van der Waals surface area contributed by atoms with Crippen LogP contribution in [0.3, 0.4) is 0 Å². The summed E-state index contributed by atoms with van der Waals surface area (Å²) in [5, 5.41) is 0. The topological polar surface area (TPSA) is 49.9 Å². The minimum atomic E-state index is -0.562. The molecule has 0 saturated carbocycles. The number of hydrogen-bond acceptors (Lipinski definition) is 3. The molecule has 1 aliphatic rings. The van der Waals surface area contributed by atoms with E-state index in [-0.39, 0.29) is 17.9 Å². The average Bonchev–Trinajstić information content (AvgIpc) is 2.95. The fourth-order valence-corrected chi connectivity index (χ4v) is 5.27. The molecule has 2 amide bonds. The predicted molar refractivity (Wildman–Crippen MR) is 151 cm³/mol. The molecule has 0 bridgehead atoms. The van der Waals surface area contributed by atoms with E-state index >= 15 is 0 Å². The lowest BCUT2D eigenvalue weighted by atomic mass is 9.94. The number of rotatable bonds is 14. The third-order valence-corrected chi connectivity index (χ3v) is 7.48. The van der Waals surface area contributed by atoms with Crippen LogP contribution in [0.4, 0.5) is 0 Å². The largest absolute Gasteiger partial charge is 0.369 e. The standard InChI is InChI=1S/C32H46N2O3/c1-4-6-7-8-13-21-31(35)33(3)29(25-30(37-5-2)32(36)34-22-14-10-15-23-34)28-20-16-19-27(24-28)26-17-11-9-12-18-26/h9,11-12,16-20,24,29-30H,4-8,10,13-15,21-23,25H2,1-3H3. The molecule has 1 fully saturated rings. The lowest BCUT2D eigenvalue weighted by Crippen LogP contribution is -2.45. The van der Waals surface area contributed by atoms with Gasteiger partial charge in [-0.25, -0.2) is 0 Å². The molecule has 3 rings (SSSR count). The fraction of sp³-hybridized carbons (Fsp3) is 0.562. The summed E-state index contributed by atoms with van der Waals surface area (Å²) in [4.78, 5) is 30.7. The van der Waals surface area contributed by atoms with Crippen molar-refractivity contribution in [1.29, 1.82) is 0 Å². The normalized spacial score (nSPS) is 15.3. The third-order valence-electron chi connectivity index (χ3n) is 7.48. The van der Waals surface area contributed by atoms with Crippen LogP contribution in [0.15, 0.2) is 54.6 Å². The number of hydrogen-bond donors (Lipinski definition) is 0. The number of amides is 2. The molecule has 2 aromatic rings. The Morgan fingerprint density at radius 3 is 2.30 bits per heavy atom. The van der Waals surface area contributed by atoms with Gasteiger partial charge in [0.1, 0.15) is 6.10 Å². The van der Waals surface area contributed by atoms with Crippen LogP contribution in [0.2, 0.25) is 0 Å². The van der Waals surface area contributed by atoms with Gasteiger partial charge >= 0.3 is 0 Å². The number of unbranched alkanes of at least 4 members (excludes halogenated alkanes) is 4. The number of ether oxygens (including phenoxy) is 1. The van der Waals surface area contributed by atoms with Gasteiger partial charge in [0.15, 0.2) is 0 Å². The van der Waals surface area contributed by atoms with Gasteiger partial charge in [0, 0.05) is 39.6 Å². The van der Waals surface area contributed by atoms with Gasteiger partial charge in [0.05, 0.1) is 6.04 Å². The van der Waals surface area contributed by atoms with Gasteiger partial charge in [-0.1, -0.05) is 81.1 Å². The third kappa shape index (κ3) is 8.70. The van der Waals surface area contributed by atoms with Crippen LogP contribution >= 0.6 is 0 Å². The maximum Gasteiger partial charge on any atom is 0.251 e. The molecule has 0 spiro atoms. The first kappa shape index (κ1) is 28.9. The Morgan fingerprint density at radius 2 is 1.59 bits per heavy atom. The number of piperidine rings is 1. The minimum Gasteiger partial charge on any atom is -0.369 e. The smallest absolute Gasteiger partial charge is 0.251 e. The zero-order chi connectivity index (χ0) is 26.5. The number of likely N-dealkylation sites (tertiary alicyclic amines) is 1. The second kappa shape index (κ2) is 15.6. The van der Waals surface area contributed by atoms with E-state index in [4.69, 9.17) is 4.74 Å². The van der Waals surface area contributed by atoms with Crippen molar-refractivity contribution in [2.75, 3.05) is 26.7 Å². The first-order valence-corrected chi connectivity index (χ1v) is 14.4. The molecule has 202 valence electrons. The first-order valence-electron chi connectivity index (χ1n) is 14.4. The molecule has 0 radical (unpaired) electrons. The average molecular weight is 507 g/mol. The minimum absolute atomic E-state index is 0.0613. The van der Waals surface area contributed by atoms with Crippen molar-refractivity contribution < 1.29 is 14.3 Å². The molecule has 0 aliphatic carbocycles. The van der Waals surface area contributed by atoms with Gasteiger partial charge in [-0.3, -0.25) is 9.59 Å². The summed E-state index contributed by atoms with van der Waals surface area (Å²) >= 11 is 0. The maximum atomic E-state index is 13.5. The summed E-state index contributed by atoms with van der Waals surface area (Å²) in [6.45, 7) is 6.20. The van der Waals surface area contributed by atoms with E-state index in [0.29, 0.717) is 19.4 Å². The van der Waals surface area contributed by atoms with Gasteiger partial charge in [-0.15, -0.1) is 0 Å². The quantitative estimate of drug-likeness (QED) is 0.259. The van der Waals surface area contributed by atoms with E-state index in [0.717, 1.165) is 55.5 Å². The molecule has 2 unspecified atom stereocenters. The molecular weight excluding hydrogens is 460 g/mol. The van der Waals surface area contributed by atoms with E-state index < -0.39 is 6.10 Å². The van der Waals surface area contributed by atoms with Crippen LogP contribution in [0, 0.1) is 0 Å². The van der Waals surface area contributed by atoms with Crippen molar-refractivity contribution >= 4 is 11.8 Å². The van der Waals surface area contributed by atoms with Gasteiger partial charge in [0.2, 0.25) is 5.91 Å². The lowest BCUT2D eigenvalue weighted by Gasteiger charge is -2.35. The molecule has 5 nitrogen and oxygen atoms in total. The van der Waals surface area contributed by atoms with E-state index in [9.17, 15) is 9.59 Å². The highest BCUT2D eigenvalue weighted by atomic mass is 16.5. The van der Waals surface area contributed by atoms with Gasteiger partial charge in [-0.05, 0) is 55.4 Å². The Morgan fingerprint density at radius 1 is 0.892 bits per heavy atom. The summed E-state index contributed by atoms with van der Waals surface area (Å²) in [5.74, 6) is 0.193. The highest BCUT2D eigenvalue weighted by Crippen LogP contribution is 2.31. The molecule has 2 atom stereocenters. The molecule has 1 heterocycles. The van der Waals surface area contributed by atoms with Gasteiger partial charge in [0.25, 0.3) is 5.91 Å². The van der Waals surface area contributed by atoms with E-state index in [2.05, 4.69) is 43.3 Å². The van der Waals surface area contributed by atoms with Crippen molar-refractivity contribution in [3.63, 3.8) is 0 Å². The summed E-state index contributed by atoms with van der Waals surface area (Å²) in [5.41, 5.74) is 3.29. The van der Waals surface area contributed by atoms with Crippen molar-refractivity contribution in [2.45, 2.75) is 90.2 Å². The van der Waals surface area contributed by atoms with Crippen LogP contribution in [0.5, 0.6) is 0 Å². The Kier molecular flexibility index (Phi) is 12.2. The number of nitrogens with zero attached hydrogens (tertiary/aromatic N) is 2. The summed E-state index contributed by atoms with van der Waals surface area (Å²) in [6.07, 6.45) is 9.26. The zero-order valence-electron chi connectivity index (χ0n) is 23.2. The Labute approximate surface area is 224 Å². The van der Waals surface area contributed by atoms with E-state index in [1.807, 2.05) is 42.0 Å². The molecule has 0 N–H and O–H groups in total. The van der Waals surface area contributed by atoms with Crippen molar-refractivity contribution in [3.05, 3.63) is 60.2 Å². The first-order chi connectivity index (χ1) is 18.0. The second-order valence-corrected chi connectivity index (χ2v) is 10.2. The van der Waals surface area contributed by atoms with Gasteiger partial charge in [-0.2, -0.15) is 0 Å². The van der Waals surface area contributed by atoms with Crippen LogP contribution < -0.4 is 0 Å². The summed E-state index contributed by atoms with van der Waals surface area (Å²) in [7, 11) is 1.89. The highest BCUT2D eigenvalue weighted by Gasteiger charge is 2.32.